The topological polar surface area (TPSA) is 71.9 Å². The maximum atomic E-state index is 5.79. The van der Waals surface area contributed by atoms with Gasteiger partial charge in [0.2, 0.25) is 0 Å². The smallest absolute Gasteiger partial charge is 0.143 e. The molecule has 0 amide bonds. The van der Waals surface area contributed by atoms with Crippen LogP contribution in [0.25, 0.3) is 16.7 Å². The minimum atomic E-state index is 0.0225. The third-order valence-corrected chi connectivity index (χ3v) is 6.97. The van der Waals surface area contributed by atoms with E-state index in [2.05, 4.69) is 68.4 Å². The van der Waals surface area contributed by atoms with Crippen LogP contribution in [0, 0.1) is 6.92 Å². The van der Waals surface area contributed by atoms with E-state index in [1.807, 2.05) is 17.7 Å². The zero-order valence-electron chi connectivity index (χ0n) is 18.9. The van der Waals surface area contributed by atoms with E-state index < -0.39 is 0 Å². The van der Waals surface area contributed by atoms with Crippen molar-refractivity contribution < 1.29 is 4.74 Å². The van der Waals surface area contributed by atoms with Crippen LogP contribution in [-0.4, -0.2) is 37.7 Å². The summed E-state index contributed by atoms with van der Waals surface area (Å²) in [7, 11) is 0. The van der Waals surface area contributed by atoms with Crippen molar-refractivity contribution in [2.75, 3.05) is 18.1 Å². The lowest BCUT2D eigenvalue weighted by Gasteiger charge is -2.37. The fourth-order valence-electron chi connectivity index (χ4n) is 5.39. The minimum Gasteiger partial charge on any atom is -0.493 e. The number of aromatic amines is 1. The molecule has 5 aromatic rings. The normalized spacial score (nSPS) is 17.0. The van der Waals surface area contributed by atoms with Gasteiger partial charge in [-0.25, -0.2) is 15.0 Å². The fourth-order valence-corrected chi connectivity index (χ4v) is 5.39. The summed E-state index contributed by atoms with van der Waals surface area (Å²) in [6.45, 7) is 3.60. The van der Waals surface area contributed by atoms with Crippen molar-refractivity contribution in [1.82, 2.24) is 24.5 Å². The highest BCUT2D eigenvalue weighted by Gasteiger charge is 2.33. The summed E-state index contributed by atoms with van der Waals surface area (Å²) in [5.74, 6) is 2.72. The van der Waals surface area contributed by atoms with E-state index in [0.717, 1.165) is 49.1 Å². The van der Waals surface area contributed by atoms with Crippen LogP contribution < -0.4 is 9.64 Å². The highest BCUT2D eigenvalue weighted by molar-refractivity contribution is 5.86. The number of H-pyrrole nitrogens is 1. The summed E-state index contributed by atoms with van der Waals surface area (Å²) < 4.78 is 7.73. The molecule has 0 radical (unpaired) electrons. The number of nitrogens with one attached hydrogen (secondary N) is 1. The summed E-state index contributed by atoms with van der Waals surface area (Å²) in [4.78, 5) is 19.7. The third kappa shape index (κ3) is 3.00. The quantitative estimate of drug-likeness (QED) is 0.439. The lowest BCUT2D eigenvalue weighted by Crippen LogP contribution is -2.37. The fraction of sp³-hybridized carbons (Fsp3) is 0.222. The maximum absolute atomic E-state index is 5.79. The first-order valence-electron chi connectivity index (χ1n) is 11.7. The molecule has 2 aromatic carbocycles. The van der Waals surface area contributed by atoms with E-state index in [4.69, 9.17) is 9.72 Å². The van der Waals surface area contributed by atoms with Gasteiger partial charge in [-0.15, -0.1) is 0 Å². The number of ether oxygens (including phenoxy) is 1. The number of rotatable bonds is 3. The number of fused-ring (bicyclic) bond motifs is 4. The lowest BCUT2D eigenvalue weighted by molar-refractivity contribution is 0.357. The molecule has 3 aromatic heterocycles. The van der Waals surface area contributed by atoms with Gasteiger partial charge in [0.1, 0.15) is 30.0 Å². The van der Waals surface area contributed by atoms with Gasteiger partial charge in [0.25, 0.3) is 0 Å². The number of hydrogen-bond donors (Lipinski definition) is 1. The molecule has 5 heterocycles. The lowest BCUT2D eigenvalue weighted by atomic mass is 9.91. The summed E-state index contributed by atoms with van der Waals surface area (Å²) in [5.41, 5.74) is 7.30. The van der Waals surface area contributed by atoms with Gasteiger partial charge < -0.3 is 14.6 Å². The van der Waals surface area contributed by atoms with E-state index in [9.17, 15) is 0 Å². The zero-order valence-corrected chi connectivity index (χ0v) is 18.9. The second-order valence-corrected chi connectivity index (χ2v) is 9.03. The molecule has 1 atom stereocenters. The van der Waals surface area contributed by atoms with E-state index in [-0.39, 0.29) is 6.04 Å². The Bertz CT molecular complexity index is 1530. The van der Waals surface area contributed by atoms with Gasteiger partial charge in [0, 0.05) is 41.8 Å². The van der Waals surface area contributed by atoms with Crippen LogP contribution in [0.2, 0.25) is 0 Å². The van der Waals surface area contributed by atoms with Gasteiger partial charge in [-0.2, -0.15) is 0 Å². The third-order valence-electron chi connectivity index (χ3n) is 6.97. The molecule has 0 fully saturated rings. The average Bonchev–Trinajstić information content (AvgIpc) is 3.61. The minimum absolute atomic E-state index is 0.0225. The molecule has 2 aliphatic rings. The number of hydrogen-bond acceptors (Lipinski definition) is 5. The molecule has 34 heavy (non-hydrogen) atoms. The zero-order chi connectivity index (χ0) is 22.6. The number of benzene rings is 2. The number of aryl methyl sites for hydroxylation is 1. The molecule has 0 bridgehead atoms. The Morgan fingerprint density at radius 3 is 2.82 bits per heavy atom. The van der Waals surface area contributed by atoms with Crippen molar-refractivity contribution in [1.29, 1.82) is 0 Å². The van der Waals surface area contributed by atoms with Crippen molar-refractivity contribution in [2.45, 2.75) is 25.8 Å². The van der Waals surface area contributed by atoms with Crippen molar-refractivity contribution in [2.24, 2.45) is 0 Å². The Labute approximate surface area is 197 Å². The molecule has 1 N–H and O–H groups in total. The highest BCUT2D eigenvalue weighted by Crippen LogP contribution is 2.41. The van der Waals surface area contributed by atoms with Crippen molar-refractivity contribution in [3.63, 3.8) is 0 Å². The van der Waals surface area contributed by atoms with E-state index in [0.29, 0.717) is 0 Å². The first-order valence-corrected chi connectivity index (χ1v) is 11.7. The van der Waals surface area contributed by atoms with Crippen LogP contribution in [0.15, 0.2) is 67.4 Å². The maximum Gasteiger partial charge on any atom is 0.143 e. The van der Waals surface area contributed by atoms with E-state index in [1.165, 1.54) is 33.3 Å². The monoisotopic (exact) mass is 448 g/mol. The van der Waals surface area contributed by atoms with Crippen LogP contribution in [0.1, 0.15) is 34.1 Å². The van der Waals surface area contributed by atoms with Crippen LogP contribution in [0.3, 0.4) is 0 Å². The predicted octanol–water partition coefficient (Wildman–Crippen LogP) is 4.54. The van der Waals surface area contributed by atoms with Gasteiger partial charge in [-0.3, -0.25) is 4.57 Å². The van der Waals surface area contributed by atoms with Gasteiger partial charge >= 0.3 is 0 Å². The first kappa shape index (κ1) is 19.3. The molecular weight excluding hydrogens is 424 g/mol. The van der Waals surface area contributed by atoms with Gasteiger partial charge in [0.05, 0.1) is 18.3 Å². The van der Waals surface area contributed by atoms with Crippen LogP contribution in [-0.2, 0) is 12.8 Å². The molecule has 0 spiro atoms. The van der Waals surface area contributed by atoms with Gasteiger partial charge in [0.15, 0.2) is 0 Å². The van der Waals surface area contributed by atoms with Crippen molar-refractivity contribution in [3.05, 3.63) is 95.5 Å². The largest absolute Gasteiger partial charge is 0.493 e. The molecule has 0 saturated heterocycles. The molecule has 2 aliphatic heterocycles. The van der Waals surface area contributed by atoms with Gasteiger partial charge in [-0.1, -0.05) is 24.3 Å². The predicted molar refractivity (Wildman–Crippen MR) is 131 cm³/mol. The van der Waals surface area contributed by atoms with Gasteiger partial charge in [-0.05, 0) is 48.2 Å². The molecule has 168 valence electrons. The number of anilines is 1. The first-order chi connectivity index (χ1) is 16.7. The molecule has 7 nitrogen and oxygen atoms in total. The number of para-hydroxylation sites is 1. The Balaban J connectivity index is 1.39. The van der Waals surface area contributed by atoms with Crippen LogP contribution in [0.5, 0.6) is 5.75 Å². The summed E-state index contributed by atoms with van der Waals surface area (Å²) in [5, 5.41) is 1.31. The SMILES string of the molecule is Cc1cn(-c2cc(N3CCc4c([nH]c5ccccc45)C3c3ccc4c(c3)CCO4)ncn2)cn1. The Hall–Kier alpha value is -4.13. The van der Waals surface area contributed by atoms with Crippen LogP contribution in [0.4, 0.5) is 5.82 Å². The molecule has 1 unspecified atom stereocenters. The summed E-state index contributed by atoms with van der Waals surface area (Å²) in [6, 6.07) is 17.3. The molecular formula is C27H24N6O. The molecule has 0 aliphatic carbocycles. The average molecular weight is 449 g/mol. The second-order valence-electron chi connectivity index (χ2n) is 9.03. The molecule has 0 saturated carbocycles. The highest BCUT2D eigenvalue weighted by atomic mass is 16.5. The van der Waals surface area contributed by atoms with Crippen LogP contribution >= 0.6 is 0 Å². The summed E-state index contributed by atoms with van der Waals surface area (Å²) in [6.07, 6.45) is 7.33. The number of aromatic nitrogens is 5. The Kier molecular flexibility index (Phi) is 4.24. The van der Waals surface area contributed by atoms with E-state index in [1.54, 1.807) is 12.7 Å². The molecule has 7 rings (SSSR count). The summed E-state index contributed by atoms with van der Waals surface area (Å²) >= 11 is 0. The number of imidazole rings is 1. The Morgan fingerprint density at radius 2 is 1.91 bits per heavy atom. The standard InChI is InChI=1S/C27H24N6O/c1-17-14-32(16-30-17)24-13-25(29-15-28-24)33-10-8-21-20-4-2-3-5-22(20)31-26(21)27(33)19-6-7-23-18(12-19)9-11-34-23/h2-7,12-16,27,31H,8-11H2,1H3. The second kappa shape index (κ2) is 7.45. The Morgan fingerprint density at radius 1 is 1.00 bits per heavy atom. The van der Waals surface area contributed by atoms with Crippen molar-refractivity contribution >= 4 is 16.7 Å². The van der Waals surface area contributed by atoms with E-state index >= 15 is 0 Å². The number of nitrogens with zero attached hydrogens (tertiary/aromatic N) is 5. The van der Waals surface area contributed by atoms with Crippen molar-refractivity contribution in [3.8, 4) is 11.6 Å². The molecule has 7 heteroatoms.